The maximum atomic E-state index is 10.3. The van der Waals surface area contributed by atoms with Crippen LogP contribution in [0.15, 0.2) is 30.3 Å². The van der Waals surface area contributed by atoms with E-state index in [4.69, 9.17) is 9.47 Å². The molecule has 1 aliphatic rings. The van der Waals surface area contributed by atoms with Crippen LogP contribution in [0.2, 0.25) is 0 Å². The van der Waals surface area contributed by atoms with Gasteiger partial charge in [-0.25, -0.2) is 0 Å². The molecule has 0 saturated carbocycles. The van der Waals surface area contributed by atoms with Crippen LogP contribution < -0.4 is 9.47 Å². The van der Waals surface area contributed by atoms with Gasteiger partial charge in [0.2, 0.25) is 0 Å². The van der Waals surface area contributed by atoms with Gasteiger partial charge in [-0.3, -0.25) is 0 Å². The Balaban J connectivity index is 2.19. The molecular formula is C20H24O6. The lowest BCUT2D eigenvalue weighted by Crippen LogP contribution is -2.35. The molecule has 4 N–H and O–H groups in total. The number of ether oxygens (including phenoxy) is 2. The standard InChI is InChI=1S/C20H24O6/c1-25-18-6-11(3-4-16(18)23)20-14-8-17(24)19(26-2)7-12(14)5-13(9-21)15(20)10-22/h3-4,6-8,13,15,20-24H,5,9-10H2,1-2H3/t13-,15+,20+/m0/s1. The Kier molecular flexibility index (Phi) is 5.25. The van der Waals surface area contributed by atoms with E-state index in [2.05, 4.69) is 0 Å². The Hall–Kier alpha value is -2.44. The highest BCUT2D eigenvalue weighted by Crippen LogP contribution is 2.47. The van der Waals surface area contributed by atoms with Crippen LogP contribution in [-0.4, -0.2) is 47.9 Å². The maximum Gasteiger partial charge on any atom is 0.160 e. The van der Waals surface area contributed by atoms with E-state index in [9.17, 15) is 20.4 Å². The van der Waals surface area contributed by atoms with Gasteiger partial charge in [-0.2, -0.15) is 0 Å². The number of hydrogen-bond donors (Lipinski definition) is 4. The van der Waals surface area contributed by atoms with Gasteiger partial charge in [0.1, 0.15) is 0 Å². The predicted molar refractivity (Wildman–Crippen MR) is 96.0 cm³/mol. The van der Waals surface area contributed by atoms with E-state index in [1.807, 2.05) is 0 Å². The summed E-state index contributed by atoms with van der Waals surface area (Å²) in [5.74, 6) is 0.160. The van der Waals surface area contributed by atoms with Gasteiger partial charge in [0.05, 0.1) is 14.2 Å². The van der Waals surface area contributed by atoms with Crippen LogP contribution in [0.1, 0.15) is 22.6 Å². The number of hydrogen-bond acceptors (Lipinski definition) is 6. The average molecular weight is 360 g/mol. The zero-order valence-corrected chi connectivity index (χ0v) is 14.8. The summed E-state index contributed by atoms with van der Waals surface area (Å²) in [4.78, 5) is 0. The molecule has 3 atom stereocenters. The Morgan fingerprint density at radius 3 is 2.23 bits per heavy atom. The van der Waals surface area contributed by atoms with E-state index in [0.29, 0.717) is 17.9 Å². The fraction of sp³-hybridized carbons (Fsp3) is 0.400. The highest BCUT2D eigenvalue weighted by atomic mass is 16.5. The second kappa shape index (κ2) is 7.43. The first-order valence-corrected chi connectivity index (χ1v) is 8.52. The smallest absolute Gasteiger partial charge is 0.160 e. The number of aromatic hydroxyl groups is 2. The maximum absolute atomic E-state index is 10.3. The molecule has 0 aromatic heterocycles. The summed E-state index contributed by atoms with van der Waals surface area (Å²) in [7, 11) is 2.97. The van der Waals surface area contributed by atoms with Gasteiger partial charge in [0.25, 0.3) is 0 Å². The number of rotatable bonds is 5. The highest BCUT2D eigenvalue weighted by Gasteiger charge is 2.38. The lowest BCUT2D eigenvalue weighted by Gasteiger charge is -2.38. The molecule has 6 heteroatoms. The van der Waals surface area contributed by atoms with Crippen LogP contribution in [0.5, 0.6) is 23.0 Å². The van der Waals surface area contributed by atoms with Crippen molar-refractivity contribution in [3.05, 3.63) is 47.0 Å². The van der Waals surface area contributed by atoms with Gasteiger partial charge in [-0.05, 0) is 59.2 Å². The zero-order chi connectivity index (χ0) is 18.8. The van der Waals surface area contributed by atoms with E-state index >= 15 is 0 Å². The van der Waals surface area contributed by atoms with Gasteiger partial charge in [0.15, 0.2) is 23.0 Å². The first-order chi connectivity index (χ1) is 12.5. The summed E-state index contributed by atoms with van der Waals surface area (Å²) in [6, 6.07) is 8.50. The molecule has 0 amide bonds. The van der Waals surface area contributed by atoms with Crippen molar-refractivity contribution in [3.63, 3.8) is 0 Å². The van der Waals surface area contributed by atoms with E-state index in [-0.39, 0.29) is 42.5 Å². The second-order valence-electron chi connectivity index (χ2n) is 6.63. The SMILES string of the molecule is COc1cc([C@@H]2c3cc(O)c(OC)cc3C[C@@H](CO)[C@H]2CO)ccc1O. The molecule has 0 saturated heterocycles. The van der Waals surface area contributed by atoms with Crippen LogP contribution in [0.4, 0.5) is 0 Å². The third kappa shape index (κ3) is 3.06. The quantitative estimate of drug-likeness (QED) is 0.651. The molecule has 140 valence electrons. The monoisotopic (exact) mass is 360 g/mol. The van der Waals surface area contributed by atoms with Crippen LogP contribution in [0, 0.1) is 11.8 Å². The molecule has 2 aromatic carbocycles. The van der Waals surface area contributed by atoms with E-state index in [0.717, 1.165) is 16.7 Å². The molecule has 2 aromatic rings. The molecule has 0 unspecified atom stereocenters. The molecule has 1 aliphatic carbocycles. The van der Waals surface area contributed by atoms with Crippen molar-refractivity contribution >= 4 is 0 Å². The minimum absolute atomic E-state index is 0.0288. The number of methoxy groups -OCH3 is 2. The summed E-state index contributed by atoms with van der Waals surface area (Å²) in [6.07, 6.45) is 0.583. The number of aliphatic hydroxyl groups excluding tert-OH is 2. The zero-order valence-electron chi connectivity index (χ0n) is 14.8. The van der Waals surface area contributed by atoms with E-state index in [1.54, 1.807) is 30.3 Å². The molecule has 0 aliphatic heterocycles. The van der Waals surface area contributed by atoms with Gasteiger partial charge in [0, 0.05) is 19.1 Å². The fourth-order valence-corrected chi connectivity index (χ4v) is 3.96. The number of phenols is 2. The third-order valence-corrected chi connectivity index (χ3v) is 5.30. The number of phenolic OH excluding ortho intramolecular Hbond substituents is 2. The fourth-order valence-electron chi connectivity index (χ4n) is 3.96. The van der Waals surface area contributed by atoms with Crippen molar-refractivity contribution in [1.29, 1.82) is 0 Å². The van der Waals surface area contributed by atoms with Crippen molar-refractivity contribution in [2.45, 2.75) is 12.3 Å². The Bertz CT molecular complexity index is 788. The van der Waals surface area contributed by atoms with Crippen molar-refractivity contribution in [2.75, 3.05) is 27.4 Å². The van der Waals surface area contributed by atoms with E-state index in [1.165, 1.54) is 14.2 Å². The molecule has 26 heavy (non-hydrogen) atoms. The van der Waals surface area contributed by atoms with Crippen molar-refractivity contribution in [3.8, 4) is 23.0 Å². The molecule has 0 fully saturated rings. The van der Waals surface area contributed by atoms with Gasteiger partial charge in [-0.1, -0.05) is 6.07 Å². The topological polar surface area (TPSA) is 99.4 Å². The lowest BCUT2D eigenvalue weighted by atomic mass is 9.67. The second-order valence-corrected chi connectivity index (χ2v) is 6.63. The summed E-state index contributed by atoms with van der Waals surface area (Å²) in [5.41, 5.74) is 2.67. The predicted octanol–water partition coefficient (Wildman–Crippen LogP) is 2.02. The minimum Gasteiger partial charge on any atom is -0.504 e. The molecule has 3 rings (SSSR count). The molecule has 6 nitrogen and oxygen atoms in total. The first-order valence-electron chi connectivity index (χ1n) is 8.52. The van der Waals surface area contributed by atoms with Crippen LogP contribution in [-0.2, 0) is 6.42 Å². The normalized spacial score (nSPS) is 21.9. The highest BCUT2D eigenvalue weighted by molar-refractivity contribution is 5.53. The molecule has 0 bridgehead atoms. The van der Waals surface area contributed by atoms with Gasteiger partial charge < -0.3 is 29.9 Å². The molecule has 0 radical (unpaired) electrons. The number of benzene rings is 2. The van der Waals surface area contributed by atoms with Crippen LogP contribution in [0.25, 0.3) is 0 Å². The molecule has 0 heterocycles. The summed E-state index contributed by atoms with van der Waals surface area (Å²) >= 11 is 0. The Labute approximate surface area is 152 Å². The largest absolute Gasteiger partial charge is 0.504 e. The van der Waals surface area contributed by atoms with Crippen LogP contribution in [0.3, 0.4) is 0 Å². The minimum atomic E-state index is -0.257. The third-order valence-electron chi connectivity index (χ3n) is 5.30. The van der Waals surface area contributed by atoms with Gasteiger partial charge >= 0.3 is 0 Å². The number of aliphatic hydroxyl groups is 2. The van der Waals surface area contributed by atoms with Gasteiger partial charge in [-0.15, -0.1) is 0 Å². The number of fused-ring (bicyclic) bond motifs is 1. The van der Waals surface area contributed by atoms with Crippen molar-refractivity contribution in [2.24, 2.45) is 11.8 Å². The molecular weight excluding hydrogens is 336 g/mol. The summed E-state index contributed by atoms with van der Waals surface area (Å²) < 4.78 is 10.4. The average Bonchev–Trinajstić information content (AvgIpc) is 2.66. The van der Waals surface area contributed by atoms with Crippen molar-refractivity contribution in [1.82, 2.24) is 0 Å². The van der Waals surface area contributed by atoms with Crippen LogP contribution >= 0.6 is 0 Å². The summed E-state index contributed by atoms with van der Waals surface area (Å²) in [6.45, 7) is -0.162. The molecule has 0 spiro atoms. The van der Waals surface area contributed by atoms with Crippen molar-refractivity contribution < 1.29 is 29.9 Å². The summed E-state index contributed by atoms with van der Waals surface area (Å²) in [5, 5.41) is 40.0. The Morgan fingerprint density at radius 2 is 1.62 bits per heavy atom. The first kappa shape index (κ1) is 18.4. The van der Waals surface area contributed by atoms with E-state index < -0.39 is 0 Å². The Morgan fingerprint density at radius 1 is 0.923 bits per heavy atom. The lowest BCUT2D eigenvalue weighted by molar-refractivity contribution is 0.101.